The van der Waals surface area contributed by atoms with Crippen LogP contribution in [0.3, 0.4) is 0 Å². The number of nitrogens with two attached hydrogens (primary N) is 1. The van der Waals surface area contributed by atoms with E-state index in [1.165, 1.54) is 31.2 Å². The Morgan fingerprint density at radius 2 is 1.65 bits per heavy atom. The van der Waals surface area contributed by atoms with Gasteiger partial charge in [0.2, 0.25) is 0 Å². The molecule has 1 aliphatic rings. The molecule has 0 aromatic heterocycles. The van der Waals surface area contributed by atoms with Crippen molar-refractivity contribution in [1.29, 1.82) is 0 Å². The highest BCUT2D eigenvalue weighted by atomic mass is 16.5. The molecular formula is C22H31N3O. The molecule has 0 amide bonds. The van der Waals surface area contributed by atoms with E-state index >= 15 is 0 Å². The maximum absolute atomic E-state index is 6.10. The Kier molecular flexibility index (Phi) is 6.92. The Balaban J connectivity index is 1.48. The van der Waals surface area contributed by atoms with Gasteiger partial charge in [0.15, 0.2) is 0 Å². The predicted molar refractivity (Wildman–Crippen MR) is 108 cm³/mol. The molecule has 2 aromatic rings. The number of benzene rings is 2. The molecule has 1 heterocycles. The van der Waals surface area contributed by atoms with Gasteiger partial charge in [0.05, 0.1) is 12.6 Å². The second-order valence-electron chi connectivity index (χ2n) is 7.09. The minimum absolute atomic E-state index is 0.236. The molecule has 2 unspecified atom stereocenters. The first kappa shape index (κ1) is 18.7. The zero-order valence-electron chi connectivity index (χ0n) is 15.7. The summed E-state index contributed by atoms with van der Waals surface area (Å²) in [7, 11) is 0. The highest BCUT2D eigenvalue weighted by Crippen LogP contribution is 2.33. The van der Waals surface area contributed by atoms with E-state index in [1.807, 2.05) is 18.2 Å². The molecule has 1 fully saturated rings. The minimum Gasteiger partial charge on any atom is -0.494 e. The van der Waals surface area contributed by atoms with E-state index in [2.05, 4.69) is 48.1 Å². The molecule has 1 aliphatic heterocycles. The van der Waals surface area contributed by atoms with Crippen LogP contribution in [0.5, 0.6) is 5.75 Å². The quantitative estimate of drug-likeness (QED) is 0.443. The second kappa shape index (κ2) is 9.60. The molecule has 4 N–H and O–H groups in total. The van der Waals surface area contributed by atoms with Crippen molar-refractivity contribution in [2.75, 3.05) is 12.3 Å². The summed E-state index contributed by atoms with van der Waals surface area (Å²) in [6.07, 6.45) is 7.29. The summed E-state index contributed by atoms with van der Waals surface area (Å²) in [5, 5.41) is 0. The molecule has 4 nitrogen and oxygen atoms in total. The largest absolute Gasteiger partial charge is 0.494 e. The van der Waals surface area contributed by atoms with Gasteiger partial charge in [-0.3, -0.25) is 0 Å². The van der Waals surface area contributed by atoms with Crippen LogP contribution in [0.4, 0.5) is 5.69 Å². The fourth-order valence-corrected chi connectivity index (χ4v) is 3.50. The fourth-order valence-electron chi connectivity index (χ4n) is 3.50. The molecule has 0 saturated carbocycles. The molecular weight excluding hydrogens is 322 g/mol. The van der Waals surface area contributed by atoms with Crippen molar-refractivity contribution >= 4 is 5.69 Å². The van der Waals surface area contributed by atoms with Crippen LogP contribution in [0.25, 0.3) is 0 Å². The Labute approximate surface area is 157 Å². The molecule has 26 heavy (non-hydrogen) atoms. The number of hydrogen-bond donors (Lipinski definition) is 3. The van der Waals surface area contributed by atoms with Gasteiger partial charge in [-0.25, -0.2) is 10.9 Å². The molecule has 0 bridgehead atoms. The third kappa shape index (κ3) is 4.99. The van der Waals surface area contributed by atoms with E-state index in [9.17, 15) is 0 Å². The van der Waals surface area contributed by atoms with Gasteiger partial charge >= 0.3 is 0 Å². The molecule has 2 atom stereocenters. The van der Waals surface area contributed by atoms with E-state index in [0.717, 1.165) is 36.4 Å². The highest BCUT2D eigenvalue weighted by Gasteiger charge is 2.27. The number of ether oxygens (including phenoxy) is 1. The van der Waals surface area contributed by atoms with Crippen molar-refractivity contribution in [3.8, 4) is 5.75 Å². The second-order valence-corrected chi connectivity index (χ2v) is 7.09. The average molecular weight is 354 g/mol. The Hall–Kier alpha value is -2.04. The molecule has 1 saturated heterocycles. The molecule has 0 spiro atoms. The van der Waals surface area contributed by atoms with E-state index in [4.69, 9.17) is 10.5 Å². The van der Waals surface area contributed by atoms with Gasteiger partial charge in [0, 0.05) is 11.7 Å². The maximum Gasteiger partial charge on any atom is 0.119 e. The van der Waals surface area contributed by atoms with Crippen LogP contribution in [-0.4, -0.2) is 6.61 Å². The molecule has 140 valence electrons. The first-order valence-electron chi connectivity index (χ1n) is 9.86. The van der Waals surface area contributed by atoms with Crippen molar-refractivity contribution < 1.29 is 4.74 Å². The number of nitrogen functional groups attached to an aromatic ring is 1. The van der Waals surface area contributed by atoms with Gasteiger partial charge < -0.3 is 10.5 Å². The third-order valence-electron chi connectivity index (χ3n) is 5.07. The topological polar surface area (TPSA) is 59.3 Å². The number of para-hydroxylation sites is 1. The van der Waals surface area contributed by atoms with Crippen molar-refractivity contribution in [3.05, 3.63) is 59.7 Å². The van der Waals surface area contributed by atoms with E-state index in [-0.39, 0.29) is 12.1 Å². The lowest BCUT2D eigenvalue weighted by atomic mass is 9.97. The third-order valence-corrected chi connectivity index (χ3v) is 5.07. The smallest absolute Gasteiger partial charge is 0.119 e. The lowest BCUT2D eigenvalue weighted by molar-refractivity contribution is 0.304. The molecule has 4 heteroatoms. The van der Waals surface area contributed by atoms with Crippen molar-refractivity contribution in [2.24, 2.45) is 0 Å². The van der Waals surface area contributed by atoms with Gasteiger partial charge in [0.1, 0.15) is 5.75 Å². The highest BCUT2D eigenvalue weighted by molar-refractivity contribution is 5.48. The van der Waals surface area contributed by atoms with Crippen molar-refractivity contribution in [2.45, 2.75) is 57.5 Å². The van der Waals surface area contributed by atoms with Crippen LogP contribution in [0, 0.1) is 0 Å². The normalized spacial score (nSPS) is 19.6. The van der Waals surface area contributed by atoms with Crippen LogP contribution in [0.15, 0.2) is 48.5 Å². The lowest BCUT2D eigenvalue weighted by Crippen LogP contribution is -2.27. The Morgan fingerprint density at radius 3 is 2.42 bits per heavy atom. The maximum atomic E-state index is 6.10. The SMILES string of the molecule is CCCCCCCOc1ccc(C2CC(c3ccccc3N)NN2)cc1. The lowest BCUT2D eigenvalue weighted by Gasteiger charge is -2.13. The summed E-state index contributed by atoms with van der Waals surface area (Å²) >= 11 is 0. The van der Waals surface area contributed by atoms with Gasteiger partial charge in [0.25, 0.3) is 0 Å². The number of nitrogens with one attached hydrogen (secondary N) is 2. The van der Waals surface area contributed by atoms with Crippen molar-refractivity contribution in [1.82, 2.24) is 10.9 Å². The van der Waals surface area contributed by atoms with Gasteiger partial charge in [-0.15, -0.1) is 0 Å². The first-order chi connectivity index (χ1) is 12.8. The van der Waals surface area contributed by atoms with Crippen LogP contribution in [0.2, 0.25) is 0 Å². The Bertz CT molecular complexity index is 671. The van der Waals surface area contributed by atoms with Crippen LogP contribution in [0.1, 0.15) is 68.7 Å². The predicted octanol–water partition coefficient (Wildman–Crippen LogP) is 4.90. The number of unbranched alkanes of at least 4 members (excludes halogenated alkanes) is 4. The number of hydrazine groups is 1. The van der Waals surface area contributed by atoms with Gasteiger partial charge in [-0.2, -0.15) is 0 Å². The number of anilines is 1. The molecule has 0 radical (unpaired) electrons. The first-order valence-corrected chi connectivity index (χ1v) is 9.86. The van der Waals surface area contributed by atoms with Crippen LogP contribution in [-0.2, 0) is 0 Å². The summed E-state index contributed by atoms with van der Waals surface area (Å²) in [4.78, 5) is 0. The summed E-state index contributed by atoms with van der Waals surface area (Å²) in [5.41, 5.74) is 16.1. The molecule has 0 aliphatic carbocycles. The molecule has 2 aromatic carbocycles. The zero-order chi connectivity index (χ0) is 18.2. The summed E-state index contributed by atoms with van der Waals surface area (Å²) in [6.45, 7) is 3.05. The zero-order valence-corrected chi connectivity index (χ0v) is 15.7. The minimum atomic E-state index is 0.236. The van der Waals surface area contributed by atoms with E-state index in [1.54, 1.807) is 0 Å². The van der Waals surface area contributed by atoms with Crippen LogP contribution < -0.4 is 21.3 Å². The van der Waals surface area contributed by atoms with Gasteiger partial charge in [-0.1, -0.05) is 62.9 Å². The Morgan fingerprint density at radius 1 is 0.923 bits per heavy atom. The standard InChI is InChI=1S/C22H31N3O/c1-2-3-4-5-8-15-26-18-13-11-17(12-14-18)21-16-22(25-24-21)19-9-6-7-10-20(19)23/h6-7,9-14,21-22,24-25H,2-5,8,15-16,23H2,1H3. The van der Waals surface area contributed by atoms with Crippen LogP contribution >= 0.6 is 0 Å². The summed E-state index contributed by atoms with van der Waals surface area (Å²) in [6, 6.07) is 17.0. The fraction of sp³-hybridized carbons (Fsp3) is 0.455. The van der Waals surface area contributed by atoms with E-state index < -0.39 is 0 Å². The average Bonchev–Trinajstić information content (AvgIpc) is 3.15. The van der Waals surface area contributed by atoms with Gasteiger partial charge in [-0.05, 0) is 42.2 Å². The summed E-state index contributed by atoms with van der Waals surface area (Å²) in [5.74, 6) is 0.957. The van der Waals surface area contributed by atoms with Crippen molar-refractivity contribution in [3.63, 3.8) is 0 Å². The molecule has 3 rings (SSSR count). The monoisotopic (exact) mass is 353 g/mol. The number of hydrogen-bond acceptors (Lipinski definition) is 4. The summed E-state index contributed by atoms with van der Waals surface area (Å²) < 4.78 is 5.86. The van der Waals surface area contributed by atoms with E-state index in [0.29, 0.717) is 0 Å². The number of rotatable bonds is 9.